The Balaban J connectivity index is 1.78. The first-order valence-corrected chi connectivity index (χ1v) is 8.73. The van der Waals surface area contributed by atoms with E-state index in [-0.39, 0.29) is 12.0 Å². The Morgan fingerprint density at radius 1 is 1.17 bits per heavy atom. The third kappa shape index (κ3) is 5.80. The van der Waals surface area contributed by atoms with Crippen molar-refractivity contribution in [3.8, 4) is 5.75 Å². The fourth-order valence-corrected chi connectivity index (χ4v) is 2.83. The van der Waals surface area contributed by atoms with Gasteiger partial charge in [0.1, 0.15) is 5.75 Å². The molecule has 2 rings (SSSR count). The quantitative estimate of drug-likeness (QED) is 0.685. The maximum atomic E-state index is 12.6. The minimum atomic E-state index is 0.102. The van der Waals surface area contributed by atoms with Crippen molar-refractivity contribution >= 4 is 5.91 Å². The van der Waals surface area contributed by atoms with Crippen LogP contribution in [0, 0.1) is 5.92 Å². The molecule has 1 aromatic rings. The van der Waals surface area contributed by atoms with Gasteiger partial charge in [-0.15, -0.1) is 0 Å². The molecular weight excluding hydrogens is 306 g/mol. The van der Waals surface area contributed by atoms with E-state index in [4.69, 9.17) is 14.2 Å². The topological polar surface area (TPSA) is 48.0 Å². The SMILES string of the molecule is COCCOCC1CCN(C(=O)c2ccc(OC(C)C)cc2)CC1. The zero-order valence-electron chi connectivity index (χ0n) is 15.0. The highest BCUT2D eigenvalue weighted by molar-refractivity contribution is 5.94. The number of rotatable bonds is 8. The largest absolute Gasteiger partial charge is 0.491 e. The van der Waals surface area contributed by atoms with Crippen molar-refractivity contribution < 1.29 is 19.0 Å². The summed E-state index contributed by atoms with van der Waals surface area (Å²) in [4.78, 5) is 14.5. The summed E-state index contributed by atoms with van der Waals surface area (Å²) in [6.07, 6.45) is 2.12. The van der Waals surface area contributed by atoms with Crippen LogP contribution in [0.15, 0.2) is 24.3 Å². The van der Waals surface area contributed by atoms with Gasteiger partial charge in [-0.2, -0.15) is 0 Å². The van der Waals surface area contributed by atoms with Crippen LogP contribution in [0.4, 0.5) is 0 Å². The average molecular weight is 335 g/mol. The van der Waals surface area contributed by atoms with Crippen LogP contribution in [0.1, 0.15) is 37.0 Å². The number of likely N-dealkylation sites (tertiary alicyclic amines) is 1. The smallest absolute Gasteiger partial charge is 0.253 e. The molecule has 0 atom stereocenters. The van der Waals surface area contributed by atoms with Gasteiger partial charge in [-0.25, -0.2) is 0 Å². The molecule has 1 aliphatic rings. The molecule has 0 bridgehead atoms. The van der Waals surface area contributed by atoms with Crippen molar-refractivity contribution in [1.82, 2.24) is 4.90 Å². The van der Waals surface area contributed by atoms with Gasteiger partial charge in [0.25, 0.3) is 5.91 Å². The number of amides is 1. The normalized spacial score (nSPS) is 15.8. The Kier molecular flexibility index (Phi) is 7.53. The van der Waals surface area contributed by atoms with Crippen molar-refractivity contribution in [2.75, 3.05) is 40.0 Å². The molecule has 5 nitrogen and oxygen atoms in total. The van der Waals surface area contributed by atoms with Crippen LogP contribution in [0.25, 0.3) is 0 Å². The number of methoxy groups -OCH3 is 1. The van der Waals surface area contributed by atoms with Crippen LogP contribution in [0.5, 0.6) is 5.75 Å². The van der Waals surface area contributed by atoms with E-state index in [0.29, 0.717) is 19.1 Å². The second kappa shape index (κ2) is 9.64. The fraction of sp³-hybridized carbons (Fsp3) is 0.632. The van der Waals surface area contributed by atoms with Crippen LogP contribution in [0.3, 0.4) is 0 Å². The van der Waals surface area contributed by atoms with Gasteiger partial charge in [-0.05, 0) is 56.9 Å². The van der Waals surface area contributed by atoms with Gasteiger partial charge < -0.3 is 19.1 Å². The van der Waals surface area contributed by atoms with Gasteiger partial charge in [0.05, 0.1) is 19.3 Å². The molecule has 0 unspecified atom stereocenters. The first-order chi connectivity index (χ1) is 11.6. The molecule has 1 fully saturated rings. The Labute approximate surface area is 144 Å². The molecule has 0 spiro atoms. The lowest BCUT2D eigenvalue weighted by Gasteiger charge is -2.32. The summed E-state index contributed by atoms with van der Waals surface area (Å²) >= 11 is 0. The molecule has 1 aliphatic heterocycles. The molecule has 0 N–H and O–H groups in total. The summed E-state index contributed by atoms with van der Waals surface area (Å²) in [5, 5.41) is 0. The van der Waals surface area contributed by atoms with Crippen molar-refractivity contribution in [3.05, 3.63) is 29.8 Å². The van der Waals surface area contributed by atoms with E-state index in [1.165, 1.54) is 0 Å². The molecule has 5 heteroatoms. The molecule has 1 aromatic carbocycles. The molecule has 134 valence electrons. The molecule has 0 radical (unpaired) electrons. The highest BCUT2D eigenvalue weighted by Gasteiger charge is 2.23. The van der Waals surface area contributed by atoms with Gasteiger partial charge in [0.2, 0.25) is 0 Å². The Morgan fingerprint density at radius 3 is 2.42 bits per heavy atom. The maximum absolute atomic E-state index is 12.6. The molecule has 0 saturated carbocycles. The number of piperidine rings is 1. The Morgan fingerprint density at radius 2 is 1.83 bits per heavy atom. The fourth-order valence-electron chi connectivity index (χ4n) is 2.83. The first-order valence-electron chi connectivity index (χ1n) is 8.73. The third-order valence-electron chi connectivity index (χ3n) is 4.16. The lowest BCUT2D eigenvalue weighted by Crippen LogP contribution is -2.39. The lowest BCUT2D eigenvalue weighted by molar-refractivity contribution is 0.0327. The minimum absolute atomic E-state index is 0.102. The second-order valence-electron chi connectivity index (χ2n) is 6.49. The standard InChI is InChI=1S/C19H29NO4/c1-15(2)24-18-6-4-17(5-7-18)19(21)20-10-8-16(9-11-20)14-23-13-12-22-3/h4-7,15-16H,8-14H2,1-3H3. The van der Waals surface area contributed by atoms with E-state index in [9.17, 15) is 4.79 Å². The van der Waals surface area contributed by atoms with Crippen LogP contribution in [0.2, 0.25) is 0 Å². The van der Waals surface area contributed by atoms with Crippen molar-refractivity contribution in [3.63, 3.8) is 0 Å². The Bertz CT molecular complexity index is 493. The molecule has 1 heterocycles. The Hall–Kier alpha value is -1.59. The van der Waals surface area contributed by atoms with E-state index in [2.05, 4.69) is 0 Å². The first kappa shape index (κ1) is 18.7. The van der Waals surface area contributed by atoms with Crippen LogP contribution >= 0.6 is 0 Å². The van der Waals surface area contributed by atoms with Gasteiger partial charge >= 0.3 is 0 Å². The minimum Gasteiger partial charge on any atom is -0.491 e. The number of hydrogen-bond donors (Lipinski definition) is 0. The summed E-state index contributed by atoms with van der Waals surface area (Å²) in [7, 11) is 1.68. The summed E-state index contributed by atoms with van der Waals surface area (Å²) in [6.45, 7) is 7.59. The summed E-state index contributed by atoms with van der Waals surface area (Å²) in [5.74, 6) is 1.44. The molecule has 24 heavy (non-hydrogen) atoms. The zero-order chi connectivity index (χ0) is 17.4. The number of benzene rings is 1. The predicted octanol–water partition coefficient (Wildman–Crippen LogP) is 2.99. The number of nitrogens with zero attached hydrogens (tertiary/aromatic N) is 1. The van der Waals surface area contributed by atoms with Crippen LogP contribution in [-0.2, 0) is 9.47 Å². The van der Waals surface area contributed by atoms with Crippen molar-refractivity contribution in [2.45, 2.75) is 32.8 Å². The van der Waals surface area contributed by atoms with E-state index in [1.807, 2.05) is 43.0 Å². The second-order valence-corrected chi connectivity index (χ2v) is 6.49. The molecule has 0 aromatic heterocycles. The predicted molar refractivity (Wildman–Crippen MR) is 93.5 cm³/mol. The van der Waals surface area contributed by atoms with E-state index in [1.54, 1.807) is 7.11 Å². The molecular formula is C19H29NO4. The molecule has 1 amide bonds. The average Bonchev–Trinajstić information content (AvgIpc) is 2.59. The maximum Gasteiger partial charge on any atom is 0.253 e. The highest BCUT2D eigenvalue weighted by atomic mass is 16.5. The number of carbonyl (C=O) groups is 1. The summed E-state index contributed by atoms with van der Waals surface area (Å²) < 4.78 is 16.2. The third-order valence-corrected chi connectivity index (χ3v) is 4.16. The number of ether oxygens (including phenoxy) is 3. The van der Waals surface area contributed by atoms with E-state index >= 15 is 0 Å². The number of hydrogen-bond acceptors (Lipinski definition) is 4. The van der Waals surface area contributed by atoms with Gasteiger partial charge in [-0.3, -0.25) is 4.79 Å². The van der Waals surface area contributed by atoms with Crippen molar-refractivity contribution in [2.24, 2.45) is 5.92 Å². The van der Waals surface area contributed by atoms with E-state index in [0.717, 1.165) is 43.9 Å². The van der Waals surface area contributed by atoms with Gasteiger partial charge in [-0.1, -0.05) is 0 Å². The summed E-state index contributed by atoms with van der Waals surface area (Å²) in [6, 6.07) is 7.42. The van der Waals surface area contributed by atoms with Gasteiger partial charge in [0.15, 0.2) is 0 Å². The number of carbonyl (C=O) groups excluding carboxylic acids is 1. The molecule has 1 saturated heterocycles. The lowest BCUT2D eigenvalue weighted by atomic mass is 9.97. The highest BCUT2D eigenvalue weighted by Crippen LogP contribution is 2.21. The molecule has 0 aliphatic carbocycles. The summed E-state index contributed by atoms with van der Waals surface area (Å²) in [5.41, 5.74) is 0.723. The van der Waals surface area contributed by atoms with Gasteiger partial charge in [0, 0.05) is 32.4 Å². The van der Waals surface area contributed by atoms with Crippen LogP contribution < -0.4 is 4.74 Å². The van der Waals surface area contributed by atoms with Crippen molar-refractivity contribution in [1.29, 1.82) is 0 Å². The van der Waals surface area contributed by atoms with Crippen LogP contribution in [-0.4, -0.2) is 56.9 Å². The monoisotopic (exact) mass is 335 g/mol. The van der Waals surface area contributed by atoms with E-state index < -0.39 is 0 Å². The zero-order valence-corrected chi connectivity index (χ0v) is 15.0.